The largest absolute Gasteiger partial charge is 0.378 e. The van der Waals surface area contributed by atoms with E-state index in [9.17, 15) is 13.6 Å². The van der Waals surface area contributed by atoms with Gasteiger partial charge in [0, 0.05) is 37.7 Å². The fourth-order valence-corrected chi connectivity index (χ4v) is 2.29. The van der Waals surface area contributed by atoms with E-state index < -0.39 is 17.5 Å². The maximum Gasteiger partial charge on any atom is 0.274 e. The summed E-state index contributed by atoms with van der Waals surface area (Å²) in [7, 11) is 3.85. The monoisotopic (exact) mass is 369 g/mol. The SMILES string of the molecule is CN(C)c1ccc(NC(=O)c2ccnc(Nc3ccc(F)cc3F)n2)cc1. The number of benzene rings is 2. The van der Waals surface area contributed by atoms with E-state index in [2.05, 4.69) is 20.6 Å². The van der Waals surface area contributed by atoms with Gasteiger partial charge in [-0.1, -0.05) is 0 Å². The van der Waals surface area contributed by atoms with Crippen molar-refractivity contribution in [1.82, 2.24) is 9.97 Å². The van der Waals surface area contributed by atoms with Gasteiger partial charge in [-0.15, -0.1) is 0 Å². The maximum absolute atomic E-state index is 13.7. The second-order valence-electron chi connectivity index (χ2n) is 5.91. The summed E-state index contributed by atoms with van der Waals surface area (Å²) in [5.41, 5.74) is 1.73. The van der Waals surface area contributed by atoms with Crippen LogP contribution in [-0.2, 0) is 0 Å². The van der Waals surface area contributed by atoms with Gasteiger partial charge in [0.05, 0.1) is 5.69 Å². The predicted octanol–water partition coefficient (Wildman–Crippen LogP) is 3.82. The minimum absolute atomic E-state index is 0.00762. The van der Waals surface area contributed by atoms with Gasteiger partial charge in [0.25, 0.3) is 5.91 Å². The number of rotatable bonds is 5. The summed E-state index contributed by atoms with van der Waals surface area (Å²) in [6.45, 7) is 0. The third-order valence-electron chi connectivity index (χ3n) is 3.71. The molecule has 8 heteroatoms. The van der Waals surface area contributed by atoms with Crippen LogP contribution in [0.4, 0.5) is 31.8 Å². The van der Waals surface area contributed by atoms with Gasteiger partial charge in [-0.25, -0.2) is 18.7 Å². The highest BCUT2D eigenvalue weighted by Gasteiger charge is 2.11. The maximum atomic E-state index is 13.7. The smallest absolute Gasteiger partial charge is 0.274 e. The number of carbonyl (C=O) groups is 1. The zero-order chi connectivity index (χ0) is 19.4. The Hall–Kier alpha value is -3.55. The van der Waals surface area contributed by atoms with Crippen LogP contribution in [0.25, 0.3) is 0 Å². The Morgan fingerprint density at radius 3 is 2.44 bits per heavy atom. The molecule has 1 heterocycles. The normalized spacial score (nSPS) is 10.4. The molecule has 0 unspecified atom stereocenters. The van der Waals surface area contributed by atoms with Crippen LogP contribution in [0.2, 0.25) is 0 Å². The van der Waals surface area contributed by atoms with E-state index in [0.29, 0.717) is 5.69 Å². The highest BCUT2D eigenvalue weighted by atomic mass is 19.1. The third-order valence-corrected chi connectivity index (χ3v) is 3.71. The van der Waals surface area contributed by atoms with E-state index in [-0.39, 0.29) is 17.3 Å². The van der Waals surface area contributed by atoms with E-state index in [1.54, 1.807) is 12.1 Å². The summed E-state index contributed by atoms with van der Waals surface area (Å²) in [4.78, 5) is 22.4. The van der Waals surface area contributed by atoms with Crippen LogP contribution in [0.15, 0.2) is 54.7 Å². The molecule has 1 aromatic heterocycles. The molecule has 0 spiro atoms. The van der Waals surface area contributed by atoms with Gasteiger partial charge < -0.3 is 15.5 Å². The lowest BCUT2D eigenvalue weighted by atomic mass is 10.2. The summed E-state index contributed by atoms with van der Waals surface area (Å²) in [6.07, 6.45) is 1.38. The van der Waals surface area contributed by atoms with Crippen LogP contribution < -0.4 is 15.5 Å². The first-order chi connectivity index (χ1) is 12.9. The number of nitrogens with zero attached hydrogens (tertiary/aromatic N) is 3. The molecule has 3 rings (SSSR count). The van der Waals surface area contributed by atoms with Crippen molar-refractivity contribution in [2.45, 2.75) is 0 Å². The lowest BCUT2D eigenvalue weighted by molar-refractivity contribution is 0.102. The molecule has 138 valence electrons. The van der Waals surface area contributed by atoms with Crippen molar-refractivity contribution in [3.8, 4) is 0 Å². The fraction of sp³-hybridized carbons (Fsp3) is 0.105. The highest BCUT2D eigenvalue weighted by molar-refractivity contribution is 6.03. The number of anilines is 4. The van der Waals surface area contributed by atoms with Crippen LogP contribution >= 0.6 is 0 Å². The molecule has 0 bridgehead atoms. The van der Waals surface area contributed by atoms with Crippen molar-refractivity contribution in [2.75, 3.05) is 29.6 Å². The first-order valence-electron chi connectivity index (χ1n) is 8.06. The molecule has 3 aromatic rings. The number of halogens is 2. The average molecular weight is 369 g/mol. The number of hydrogen-bond donors (Lipinski definition) is 2. The Bertz CT molecular complexity index is 961. The average Bonchev–Trinajstić information content (AvgIpc) is 2.65. The van der Waals surface area contributed by atoms with E-state index in [1.165, 1.54) is 18.3 Å². The van der Waals surface area contributed by atoms with Crippen molar-refractivity contribution in [2.24, 2.45) is 0 Å². The molecule has 2 aromatic carbocycles. The second kappa shape index (κ2) is 7.77. The van der Waals surface area contributed by atoms with Gasteiger partial charge in [0.2, 0.25) is 5.95 Å². The van der Waals surface area contributed by atoms with Crippen LogP contribution in [0, 0.1) is 11.6 Å². The number of hydrogen-bond acceptors (Lipinski definition) is 5. The molecule has 0 atom stereocenters. The van der Waals surface area contributed by atoms with E-state index in [0.717, 1.165) is 17.8 Å². The van der Waals surface area contributed by atoms with Crippen molar-refractivity contribution < 1.29 is 13.6 Å². The van der Waals surface area contributed by atoms with Crippen molar-refractivity contribution >= 4 is 28.9 Å². The number of carbonyl (C=O) groups excluding carboxylic acids is 1. The zero-order valence-corrected chi connectivity index (χ0v) is 14.7. The van der Waals surface area contributed by atoms with Gasteiger partial charge in [-0.2, -0.15) is 0 Å². The standard InChI is InChI=1S/C19H17F2N5O/c1-26(2)14-6-4-13(5-7-14)23-18(27)17-9-10-22-19(25-17)24-16-8-3-12(20)11-15(16)21/h3-11H,1-2H3,(H,23,27)(H,22,24,25). The van der Waals surface area contributed by atoms with Crippen LogP contribution in [0.5, 0.6) is 0 Å². The third kappa shape index (κ3) is 4.55. The molecule has 0 aliphatic heterocycles. The molecule has 1 amide bonds. The Kier molecular flexibility index (Phi) is 5.25. The van der Waals surface area contributed by atoms with E-state index in [4.69, 9.17) is 0 Å². The molecule has 0 aliphatic carbocycles. The Labute approximate surface area is 154 Å². The summed E-state index contributed by atoms with van der Waals surface area (Å²) in [6, 6.07) is 11.8. The molecule has 0 fully saturated rings. The highest BCUT2D eigenvalue weighted by Crippen LogP contribution is 2.19. The minimum Gasteiger partial charge on any atom is -0.378 e. The molecule has 0 aliphatic rings. The van der Waals surface area contributed by atoms with Crippen molar-refractivity contribution in [3.63, 3.8) is 0 Å². The number of amides is 1. The predicted molar refractivity (Wildman–Crippen MR) is 100 cm³/mol. The van der Waals surface area contributed by atoms with Gasteiger partial charge in [-0.05, 0) is 42.5 Å². The molecule has 0 saturated heterocycles. The van der Waals surface area contributed by atoms with Crippen molar-refractivity contribution in [1.29, 1.82) is 0 Å². The summed E-state index contributed by atoms with van der Waals surface area (Å²) < 4.78 is 26.7. The zero-order valence-electron chi connectivity index (χ0n) is 14.7. The van der Waals surface area contributed by atoms with Gasteiger partial charge >= 0.3 is 0 Å². The summed E-state index contributed by atoms with van der Waals surface area (Å²) in [5, 5.41) is 5.36. The Morgan fingerprint density at radius 2 is 1.78 bits per heavy atom. The molecule has 0 saturated carbocycles. The quantitative estimate of drug-likeness (QED) is 0.716. The lowest BCUT2D eigenvalue weighted by Crippen LogP contribution is -2.15. The van der Waals surface area contributed by atoms with Crippen LogP contribution in [0.3, 0.4) is 0 Å². The molecular weight excluding hydrogens is 352 g/mol. The first kappa shape index (κ1) is 18.2. The molecule has 0 radical (unpaired) electrons. The lowest BCUT2D eigenvalue weighted by Gasteiger charge is -2.13. The van der Waals surface area contributed by atoms with Crippen LogP contribution in [-0.4, -0.2) is 30.0 Å². The summed E-state index contributed by atoms with van der Waals surface area (Å²) in [5.74, 6) is -1.88. The fourth-order valence-electron chi connectivity index (χ4n) is 2.29. The topological polar surface area (TPSA) is 70.2 Å². The number of aromatic nitrogens is 2. The minimum atomic E-state index is -0.783. The van der Waals surface area contributed by atoms with Crippen molar-refractivity contribution in [3.05, 3.63) is 72.1 Å². The van der Waals surface area contributed by atoms with Crippen LogP contribution in [0.1, 0.15) is 10.5 Å². The van der Waals surface area contributed by atoms with E-state index in [1.807, 2.05) is 31.1 Å². The Balaban J connectivity index is 1.73. The van der Waals surface area contributed by atoms with Gasteiger partial charge in [0.1, 0.15) is 17.3 Å². The molecular formula is C19H17F2N5O. The van der Waals surface area contributed by atoms with Gasteiger partial charge in [0.15, 0.2) is 0 Å². The Morgan fingerprint density at radius 1 is 1.04 bits per heavy atom. The van der Waals surface area contributed by atoms with E-state index >= 15 is 0 Å². The first-order valence-corrected chi connectivity index (χ1v) is 8.06. The second-order valence-corrected chi connectivity index (χ2v) is 5.91. The van der Waals surface area contributed by atoms with Gasteiger partial charge in [-0.3, -0.25) is 4.79 Å². The summed E-state index contributed by atoms with van der Waals surface area (Å²) >= 11 is 0. The molecule has 2 N–H and O–H groups in total. The molecule has 6 nitrogen and oxygen atoms in total. The number of nitrogens with one attached hydrogen (secondary N) is 2. The molecule has 27 heavy (non-hydrogen) atoms.